The zero-order chi connectivity index (χ0) is 15.3. The zero-order valence-electron chi connectivity index (χ0n) is 13.0. The van der Waals surface area contributed by atoms with Crippen LogP contribution < -0.4 is 0 Å². The first kappa shape index (κ1) is 6.28. The predicted molar refractivity (Wildman–Crippen MR) is 57.6 cm³/mol. The monoisotopic (exact) mass is 252 g/mol. The first-order valence-electron chi connectivity index (χ1n) is 6.38. The smallest absolute Gasteiger partial charge is 0.304 e. The lowest BCUT2D eigenvalue weighted by Gasteiger charge is -2.11. The lowest BCUT2D eigenvalue weighted by Crippen LogP contribution is -2.02. The van der Waals surface area contributed by atoms with E-state index in [1.54, 1.807) is 6.92 Å². The van der Waals surface area contributed by atoms with E-state index >= 15 is 0 Å². The number of hydrogen-bond donors (Lipinski definition) is 0. The predicted octanol–water partition coefficient (Wildman–Crippen LogP) is 1.89. The fraction of sp³-hybridized carbons (Fsp3) is 1.00. The molecular formula is C6H15O4PS2. The van der Waals surface area contributed by atoms with Crippen LogP contribution in [0.2, 0.25) is 0 Å². The molecule has 7 heteroatoms. The molecule has 0 aromatic rings. The second-order valence-electron chi connectivity index (χ2n) is 1.90. The molecule has 0 fully saturated rings. The van der Waals surface area contributed by atoms with E-state index in [1.807, 2.05) is 0 Å². The molecule has 1 atom stereocenters. The summed E-state index contributed by atoms with van der Waals surface area (Å²) in [7, 11) is -7.23. The Morgan fingerprint density at radius 1 is 1.54 bits per heavy atom. The highest BCUT2D eigenvalue weighted by Gasteiger charge is 2.21. The molecule has 0 aromatic carbocycles. The Balaban J connectivity index is 4.68. The molecule has 0 saturated heterocycles. The Labute approximate surface area is 93.9 Å². The maximum absolute atomic E-state index is 12.0. The Hall–Kier alpha value is 0.650. The summed E-state index contributed by atoms with van der Waals surface area (Å²) in [5, 5.41) is 0. The fourth-order valence-electron chi connectivity index (χ4n) is 0.458. The first-order valence-corrected chi connectivity index (χ1v) is 8.00. The summed E-state index contributed by atoms with van der Waals surface area (Å²) in [5.74, 6) is 0.537. The van der Waals surface area contributed by atoms with Gasteiger partial charge in [0, 0.05) is 42.1 Å². The molecule has 0 rings (SSSR count). The third-order valence-corrected chi connectivity index (χ3v) is 5.76. The summed E-state index contributed by atoms with van der Waals surface area (Å²) in [6, 6.07) is 0. The summed E-state index contributed by atoms with van der Waals surface area (Å²) in [5.41, 5.74) is 0. The molecule has 0 aliphatic carbocycles. The van der Waals surface area contributed by atoms with Gasteiger partial charge in [0.1, 0.15) is 0 Å². The van der Waals surface area contributed by atoms with E-state index in [2.05, 4.69) is 9.05 Å². The standard InChI is InChI=1S/C6H15O4PS2/c1-4-13(8)6-5-12-11(7,9-2)10-3/h4-6H2,1-3H3/i2D3,3D3. The lowest BCUT2D eigenvalue weighted by atomic mass is 10.9. The maximum Gasteiger partial charge on any atom is 0.388 e. The summed E-state index contributed by atoms with van der Waals surface area (Å²) in [4.78, 5) is 0. The Morgan fingerprint density at radius 3 is 2.62 bits per heavy atom. The van der Waals surface area contributed by atoms with E-state index in [1.165, 1.54) is 0 Å². The van der Waals surface area contributed by atoms with Crippen molar-refractivity contribution in [1.82, 2.24) is 0 Å². The van der Waals surface area contributed by atoms with Crippen molar-refractivity contribution in [3.8, 4) is 0 Å². The summed E-state index contributed by atoms with van der Waals surface area (Å²) in [6.45, 7) is -2.68. The summed E-state index contributed by atoms with van der Waals surface area (Å²) >= 11 is 0.419. The quantitative estimate of drug-likeness (QED) is 0.648. The highest BCUT2D eigenvalue weighted by molar-refractivity contribution is 8.55. The van der Waals surface area contributed by atoms with Gasteiger partial charge in [0.25, 0.3) is 0 Å². The van der Waals surface area contributed by atoms with E-state index in [4.69, 9.17) is 8.22 Å². The molecule has 0 aromatic heterocycles. The molecule has 13 heavy (non-hydrogen) atoms. The molecule has 0 saturated carbocycles. The van der Waals surface area contributed by atoms with E-state index in [-0.39, 0.29) is 11.5 Å². The number of hydrogen-bond acceptors (Lipinski definition) is 5. The molecule has 0 N–H and O–H groups in total. The fourth-order valence-corrected chi connectivity index (χ4v) is 3.81. The van der Waals surface area contributed by atoms with Crippen molar-refractivity contribution in [2.45, 2.75) is 6.92 Å². The largest absolute Gasteiger partial charge is 0.388 e. The van der Waals surface area contributed by atoms with Crippen molar-refractivity contribution in [1.29, 1.82) is 0 Å². The van der Waals surface area contributed by atoms with E-state index < -0.39 is 31.7 Å². The minimum atomic E-state index is -4.37. The van der Waals surface area contributed by atoms with E-state index in [9.17, 15) is 8.77 Å². The molecule has 0 aliphatic rings. The summed E-state index contributed by atoms with van der Waals surface area (Å²) < 4.78 is 72.8. The molecule has 4 nitrogen and oxygen atoms in total. The van der Waals surface area contributed by atoms with Crippen LogP contribution in [0.1, 0.15) is 15.1 Å². The molecule has 0 heterocycles. The normalized spacial score (nSPS) is 23.2. The molecule has 80 valence electrons. The van der Waals surface area contributed by atoms with Crippen LogP contribution in [-0.2, 0) is 24.4 Å². The lowest BCUT2D eigenvalue weighted by molar-refractivity contribution is 0.295. The van der Waals surface area contributed by atoms with E-state index in [0.29, 0.717) is 17.1 Å². The van der Waals surface area contributed by atoms with Gasteiger partial charge in [0.2, 0.25) is 0 Å². The molecule has 0 bridgehead atoms. The topological polar surface area (TPSA) is 52.6 Å². The highest BCUT2D eigenvalue weighted by Crippen LogP contribution is 2.59. The average Bonchev–Trinajstić information content (AvgIpc) is 2.10. The van der Waals surface area contributed by atoms with Crippen LogP contribution >= 0.6 is 18.2 Å². The molecule has 1 unspecified atom stereocenters. The van der Waals surface area contributed by atoms with Gasteiger partial charge in [-0.15, -0.1) is 0 Å². The van der Waals surface area contributed by atoms with Crippen LogP contribution in [-0.4, -0.2) is 35.5 Å². The van der Waals surface area contributed by atoms with Crippen molar-refractivity contribution >= 4 is 29.0 Å². The van der Waals surface area contributed by atoms with Gasteiger partial charge in [0.05, 0.1) is 8.22 Å². The van der Waals surface area contributed by atoms with Crippen LogP contribution in [0.5, 0.6) is 0 Å². The molecule has 0 amide bonds. The second kappa shape index (κ2) is 7.01. The Kier molecular flexibility index (Phi) is 3.39. The van der Waals surface area contributed by atoms with Gasteiger partial charge in [0.15, 0.2) is 0 Å². The third kappa shape index (κ3) is 5.86. The van der Waals surface area contributed by atoms with Crippen LogP contribution in [0.4, 0.5) is 0 Å². The highest BCUT2D eigenvalue weighted by atomic mass is 32.7. The molecule has 0 aliphatic heterocycles. The SMILES string of the molecule is [2H]C([2H])([2H])OP(=O)(OC([2H])([2H])[2H])SCCS(=O)CC. The van der Waals surface area contributed by atoms with Gasteiger partial charge in [-0.2, -0.15) is 0 Å². The van der Waals surface area contributed by atoms with Gasteiger partial charge in [-0.1, -0.05) is 6.92 Å². The van der Waals surface area contributed by atoms with Gasteiger partial charge >= 0.3 is 6.80 Å². The van der Waals surface area contributed by atoms with Crippen molar-refractivity contribution in [3.63, 3.8) is 0 Å². The van der Waals surface area contributed by atoms with Crippen LogP contribution in [0.3, 0.4) is 0 Å². The first-order chi connectivity index (χ1) is 8.37. The van der Waals surface area contributed by atoms with Gasteiger partial charge in [-0.05, 0) is 11.4 Å². The molecule has 0 spiro atoms. The maximum atomic E-state index is 12.0. The number of rotatable bonds is 7. The minimum absolute atomic E-state index is 0.00386. The second-order valence-corrected chi connectivity index (χ2v) is 7.80. The molecular weight excluding hydrogens is 231 g/mol. The van der Waals surface area contributed by atoms with Crippen LogP contribution in [0.25, 0.3) is 0 Å². The zero-order valence-corrected chi connectivity index (χ0v) is 9.55. The van der Waals surface area contributed by atoms with E-state index in [0.717, 1.165) is 0 Å². The van der Waals surface area contributed by atoms with Gasteiger partial charge in [-0.25, -0.2) is 4.57 Å². The molecule has 0 radical (unpaired) electrons. The average molecular weight is 252 g/mol. The van der Waals surface area contributed by atoms with Gasteiger partial charge in [-0.3, -0.25) is 4.21 Å². The van der Waals surface area contributed by atoms with Crippen molar-refractivity contribution in [2.75, 3.05) is 31.3 Å². The summed E-state index contributed by atoms with van der Waals surface area (Å²) in [6.07, 6.45) is 0. The van der Waals surface area contributed by atoms with Crippen molar-refractivity contribution < 1.29 is 26.0 Å². The minimum Gasteiger partial charge on any atom is -0.304 e. The third-order valence-electron chi connectivity index (χ3n) is 1.11. The van der Waals surface area contributed by atoms with Crippen molar-refractivity contribution in [2.24, 2.45) is 0 Å². The van der Waals surface area contributed by atoms with Crippen molar-refractivity contribution in [3.05, 3.63) is 0 Å². The van der Waals surface area contributed by atoms with Gasteiger partial charge < -0.3 is 9.05 Å². The Bertz CT molecular complexity index is 337. The Morgan fingerprint density at radius 2 is 2.15 bits per heavy atom. The van der Waals surface area contributed by atoms with Crippen LogP contribution in [0, 0.1) is 0 Å². The van der Waals surface area contributed by atoms with Crippen LogP contribution in [0.15, 0.2) is 0 Å².